The quantitative estimate of drug-likeness (QED) is 0.778. The van der Waals surface area contributed by atoms with Crippen molar-refractivity contribution in [3.05, 3.63) is 0 Å². The molecule has 5 heteroatoms. The van der Waals surface area contributed by atoms with Crippen molar-refractivity contribution < 1.29 is 9.53 Å². The molecule has 2 N–H and O–H groups in total. The molecule has 18 heavy (non-hydrogen) atoms. The Hall–Kier alpha value is -0.650. The van der Waals surface area contributed by atoms with Crippen LogP contribution in [0.15, 0.2) is 0 Å². The number of hydrogen-bond donors (Lipinski definition) is 2. The second-order valence-electron chi connectivity index (χ2n) is 5.50. The van der Waals surface area contributed by atoms with E-state index in [1.807, 2.05) is 0 Å². The molecular weight excluding hydrogens is 230 g/mol. The predicted molar refractivity (Wildman–Crippen MR) is 70.0 cm³/mol. The second-order valence-corrected chi connectivity index (χ2v) is 5.50. The lowest BCUT2D eigenvalue weighted by Crippen LogP contribution is -2.55. The third kappa shape index (κ3) is 3.67. The van der Waals surface area contributed by atoms with Gasteiger partial charge in [0, 0.05) is 31.1 Å². The van der Waals surface area contributed by atoms with Gasteiger partial charge in [0.05, 0.1) is 13.2 Å². The highest BCUT2D eigenvalue weighted by Gasteiger charge is 2.27. The predicted octanol–water partition coefficient (Wildman–Crippen LogP) is 0.659. The summed E-state index contributed by atoms with van der Waals surface area (Å²) < 4.78 is 5.36. The number of carbonyl (C=O) groups is 1. The Kier molecular flexibility index (Phi) is 4.97. The fraction of sp³-hybridized carbons (Fsp3) is 0.923. The van der Waals surface area contributed by atoms with Crippen LogP contribution in [0.3, 0.4) is 0 Å². The van der Waals surface area contributed by atoms with E-state index in [1.165, 1.54) is 6.42 Å². The number of ether oxygens (including phenoxy) is 1. The molecule has 104 valence electrons. The van der Waals surface area contributed by atoms with Gasteiger partial charge >= 0.3 is 0 Å². The standard InChI is InChI=1S/C13H25N3O2/c1-10-4-3-5-11(2)16(10)15-13(17)8-12-9-18-7-6-14-12/h10-12,14H,3-9H2,1-2H3,(H,15,17). The average Bonchev–Trinajstić information content (AvgIpc) is 2.35. The van der Waals surface area contributed by atoms with E-state index in [2.05, 4.69) is 29.6 Å². The van der Waals surface area contributed by atoms with Gasteiger partial charge in [0.1, 0.15) is 0 Å². The summed E-state index contributed by atoms with van der Waals surface area (Å²) in [6.07, 6.45) is 4.08. The van der Waals surface area contributed by atoms with E-state index in [0.29, 0.717) is 25.1 Å². The van der Waals surface area contributed by atoms with E-state index in [-0.39, 0.29) is 11.9 Å². The molecular formula is C13H25N3O2. The van der Waals surface area contributed by atoms with E-state index < -0.39 is 0 Å². The number of hydrazine groups is 1. The highest BCUT2D eigenvalue weighted by Crippen LogP contribution is 2.20. The lowest BCUT2D eigenvalue weighted by atomic mass is 10.00. The lowest BCUT2D eigenvalue weighted by molar-refractivity contribution is -0.130. The van der Waals surface area contributed by atoms with Gasteiger partial charge in [-0.15, -0.1) is 0 Å². The highest BCUT2D eigenvalue weighted by molar-refractivity contribution is 5.76. The Morgan fingerprint density at radius 3 is 2.72 bits per heavy atom. The fourth-order valence-electron chi connectivity index (χ4n) is 2.81. The SMILES string of the molecule is CC1CCCC(C)N1NC(=O)CC1COCCN1. The van der Waals surface area contributed by atoms with Crippen LogP contribution in [0.5, 0.6) is 0 Å². The number of nitrogens with one attached hydrogen (secondary N) is 2. The maximum absolute atomic E-state index is 12.0. The summed E-state index contributed by atoms with van der Waals surface area (Å²) in [6.45, 7) is 6.58. The Bertz CT molecular complexity index is 269. The third-order valence-electron chi connectivity index (χ3n) is 3.88. The van der Waals surface area contributed by atoms with E-state index in [4.69, 9.17) is 4.74 Å². The molecule has 0 aliphatic carbocycles. The van der Waals surface area contributed by atoms with Crippen molar-refractivity contribution in [3.63, 3.8) is 0 Å². The van der Waals surface area contributed by atoms with Crippen molar-refractivity contribution in [3.8, 4) is 0 Å². The third-order valence-corrected chi connectivity index (χ3v) is 3.88. The molecule has 0 bridgehead atoms. The smallest absolute Gasteiger partial charge is 0.235 e. The van der Waals surface area contributed by atoms with Crippen LogP contribution in [-0.2, 0) is 9.53 Å². The largest absolute Gasteiger partial charge is 0.378 e. The zero-order valence-corrected chi connectivity index (χ0v) is 11.4. The minimum absolute atomic E-state index is 0.0959. The van der Waals surface area contributed by atoms with Crippen molar-refractivity contribution in [1.82, 2.24) is 15.8 Å². The van der Waals surface area contributed by atoms with Crippen LogP contribution in [0.1, 0.15) is 39.5 Å². The molecule has 3 unspecified atom stereocenters. The van der Waals surface area contributed by atoms with Crippen LogP contribution in [0.25, 0.3) is 0 Å². The first kappa shape index (κ1) is 13.8. The maximum atomic E-state index is 12.0. The van der Waals surface area contributed by atoms with E-state index in [9.17, 15) is 4.79 Å². The molecule has 0 spiro atoms. The number of carbonyl (C=O) groups excluding carboxylic acids is 1. The molecule has 2 rings (SSSR count). The molecule has 2 saturated heterocycles. The molecule has 2 aliphatic rings. The molecule has 0 aromatic carbocycles. The molecule has 3 atom stereocenters. The first-order chi connectivity index (χ1) is 8.66. The van der Waals surface area contributed by atoms with Gasteiger partial charge in [-0.05, 0) is 26.7 Å². The van der Waals surface area contributed by atoms with Crippen LogP contribution in [0.4, 0.5) is 0 Å². The average molecular weight is 255 g/mol. The van der Waals surface area contributed by atoms with Gasteiger partial charge in [-0.2, -0.15) is 0 Å². The van der Waals surface area contributed by atoms with Gasteiger partial charge in [0.25, 0.3) is 0 Å². The number of morpholine rings is 1. The summed E-state index contributed by atoms with van der Waals surface area (Å²) in [5, 5.41) is 5.43. The Morgan fingerprint density at radius 1 is 1.39 bits per heavy atom. The minimum Gasteiger partial charge on any atom is -0.378 e. The number of piperidine rings is 1. The summed E-state index contributed by atoms with van der Waals surface area (Å²) in [6, 6.07) is 1.04. The Balaban J connectivity index is 1.78. The van der Waals surface area contributed by atoms with Crippen molar-refractivity contribution in [1.29, 1.82) is 0 Å². The monoisotopic (exact) mass is 255 g/mol. The summed E-state index contributed by atoms with van der Waals surface area (Å²) >= 11 is 0. The van der Waals surface area contributed by atoms with Crippen LogP contribution < -0.4 is 10.7 Å². The topological polar surface area (TPSA) is 53.6 Å². The zero-order chi connectivity index (χ0) is 13.0. The Morgan fingerprint density at radius 2 is 2.11 bits per heavy atom. The molecule has 1 amide bonds. The molecule has 5 nitrogen and oxygen atoms in total. The molecule has 0 radical (unpaired) electrons. The van der Waals surface area contributed by atoms with Crippen LogP contribution >= 0.6 is 0 Å². The first-order valence-corrected chi connectivity index (χ1v) is 7.05. The molecule has 0 aromatic heterocycles. The summed E-state index contributed by atoms with van der Waals surface area (Å²) in [5.41, 5.74) is 3.06. The van der Waals surface area contributed by atoms with Gasteiger partial charge in [-0.1, -0.05) is 6.42 Å². The molecule has 0 saturated carbocycles. The summed E-state index contributed by atoms with van der Waals surface area (Å²) in [4.78, 5) is 12.0. The van der Waals surface area contributed by atoms with Gasteiger partial charge < -0.3 is 10.1 Å². The Labute approximate surface area is 109 Å². The number of hydrogen-bond acceptors (Lipinski definition) is 4. The summed E-state index contributed by atoms with van der Waals surface area (Å²) in [7, 11) is 0. The second kappa shape index (κ2) is 6.50. The van der Waals surface area contributed by atoms with Crippen molar-refractivity contribution in [2.75, 3.05) is 19.8 Å². The van der Waals surface area contributed by atoms with E-state index >= 15 is 0 Å². The lowest BCUT2D eigenvalue weighted by Gasteiger charge is -2.39. The molecule has 2 fully saturated rings. The normalized spacial score (nSPS) is 34.2. The van der Waals surface area contributed by atoms with Crippen molar-refractivity contribution >= 4 is 5.91 Å². The van der Waals surface area contributed by atoms with E-state index in [1.54, 1.807) is 0 Å². The number of rotatable bonds is 3. The van der Waals surface area contributed by atoms with E-state index in [0.717, 1.165) is 26.0 Å². The van der Waals surface area contributed by atoms with Gasteiger partial charge in [-0.25, -0.2) is 5.01 Å². The molecule has 2 heterocycles. The van der Waals surface area contributed by atoms with Crippen LogP contribution in [0.2, 0.25) is 0 Å². The van der Waals surface area contributed by atoms with Gasteiger partial charge in [0.15, 0.2) is 0 Å². The van der Waals surface area contributed by atoms with Crippen molar-refractivity contribution in [2.24, 2.45) is 0 Å². The fourth-order valence-corrected chi connectivity index (χ4v) is 2.81. The molecule has 0 aromatic rings. The first-order valence-electron chi connectivity index (χ1n) is 7.05. The van der Waals surface area contributed by atoms with Crippen LogP contribution in [-0.4, -0.2) is 48.8 Å². The summed E-state index contributed by atoms with van der Waals surface area (Å²) in [5.74, 6) is 0.0959. The zero-order valence-electron chi connectivity index (χ0n) is 11.4. The maximum Gasteiger partial charge on any atom is 0.235 e. The minimum atomic E-state index is 0.0959. The van der Waals surface area contributed by atoms with Gasteiger partial charge in [-0.3, -0.25) is 10.2 Å². The van der Waals surface area contributed by atoms with Crippen LogP contribution in [0, 0.1) is 0 Å². The highest BCUT2D eigenvalue weighted by atomic mass is 16.5. The van der Waals surface area contributed by atoms with Crippen molar-refractivity contribution in [2.45, 2.75) is 57.7 Å². The number of amides is 1. The molecule has 2 aliphatic heterocycles. The number of nitrogens with zero attached hydrogens (tertiary/aromatic N) is 1. The van der Waals surface area contributed by atoms with Gasteiger partial charge in [0.2, 0.25) is 5.91 Å².